The smallest absolute Gasteiger partial charge is 0.387 e. The van der Waals surface area contributed by atoms with Crippen LogP contribution in [0.5, 0.6) is 5.75 Å². The standard InChI is InChI=1S/C19H17ClF3N3O3/c1-10(24)19(2,17(28)26-14-8-11(20)7-12(21)9-14)16(27)25-13-3-5-15(6-4-13)29-18(22)23/h3-9,18,24H,1-2H3,(H,25,27)(H,26,28). The average molecular weight is 428 g/mol. The van der Waals surface area contributed by atoms with E-state index in [0.29, 0.717) is 0 Å². The molecular formula is C19H17ClF3N3O3. The number of anilines is 2. The molecule has 2 aromatic carbocycles. The summed E-state index contributed by atoms with van der Waals surface area (Å²) in [6.45, 7) is -0.480. The van der Waals surface area contributed by atoms with Gasteiger partial charge in [-0.15, -0.1) is 0 Å². The van der Waals surface area contributed by atoms with Crippen molar-refractivity contribution in [3.05, 3.63) is 53.3 Å². The van der Waals surface area contributed by atoms with Crippen LogP contribution in [0.4, 0.5) is 24.5 Å². The molecule has 0 bridgehead atoms. The molecule has 2 amide bonds. The number of rotatable bonds is 7. The van der Waals surface area contributed by atoms with E-state index in [2.05, 4.69) is 15.4 Å². The quantitative estimate of drug-likeness (QED) is 0.441. The molecule has 0 saturated heterocycles. The molecule has 0 radical (unpaired) electrons. The number of halogens is 4. The maximum Gasteiger partial charge on any atom is 0.387 e. The molecule has 6 nitrogen and oxygen atoms in total. The van der Waals surface area contributed by atoms with E-state index in [1.54, 1.807) is 0 Å². The first kappa shape index (κ1) is 22.2. The number of benzene rings is 2. The van der Waals surface area contributed by atoms with E-state index < -0.39 is 29.7 Å². The van der Waals surface area contributed by atoms with Gasteiger partial charge in [0.15, 0.2) is 5.41 Å². The largest absolute Gasteiger partial charge is 0.435 e. The van der Waals surface area contributed by atoms with Crippen LogP contribution in [0.1, 0.15) is 13.8 Å². The zero-order chi connectivity index (χ0) is 21.8. The van der Waals surface area contributed by atoms with Crippen LogP contribution in [-0.4, -0.2) is 24.1 Å². The maximum absolute atomic E-state index is 13.5. The molecule has 0 aliphatic carbocycles. The Kier molecular flexibility index (Phi) is 6.86. The molecule has 0 aliphatic heterocycles. The van der Waals surface area contributed by atoms with Crippen molar-refractivity contribution in [1.29, 1.82) is 5.41 Å². The zero-order valence-electron chi connectivity index (χ0n) is 15.4. The van der Waals surface area contributed by atoms with E-state index in [-0.39, 0.29) is 27.9 Å². The zero-order valence-corrected chi connectivity index (χ0v) is 16.1. The molecule has 3 N–H and O–H groups in total. The Bertz CT molecular complexity index is 918. The minimum atomic E-state index is -2.99. The van der Waals surface area contributed by atoms with Gasteiger partial charge in [0.25, 0.3) is 0 Å². The van der Waals surface area contributed by atoms with E-state index in [4.69, 9.17) is 17.0 Å². The molecule has 1 atom stereocenters. The van der Waals surface area contributed by atoms with Crippen LogP contribution < -0.4 is 15.4 Å². The summed E-state index contributed by atoms with van der Waals surface area (Å²) in [5.74, 6) is -2.50. The van der Waals surface area contributed by atoms with Gasteiger partial charge in [-0.3, -0.25) is 9.59 Å². The molecule has 10 heteroatoms. The van der Waals surface area contributed by atoms with Crippen LogP contribution in [0.2, 0.25) is 5.02 Å². The van der Waals surface area contributed by atoms with Crippen molar-refractivity contribution in [3.8, 4) is 5.75 Å². The Balaban J connectivity index is 2.20. The highest BCUT2D eigenvalue weighted by Gasteiger charge is 2.43. The second kappa shape index (κ2) is 8.95. The SMILES string of the molecule is CC(=N)C(C)(C(=O)Nc1ccc(OC(F)F)cc1)C(=O)Nc1cc(F)cc(Cl)c1. The van der Waals surface area contributed by atoms with Gasteiger partial charge in [-0.1, -0.05) is 11.6 Å². The molecule has 1 unspecified atom stereocenters. The lowest BCUT2D eigenvalue weighted by Crippen LogP contribution is -2.48. The number of alkyl halides is 2. The van der Waals surface area contributed by atoms with Gasteiger partial charge in [-0.25, -0.2) is 4.39 Å². The number of hydrogen-bond acceptors (Lipinski definition) is 4. The summed E-state index contributed by atoms with van der Waals surface area (Å²) in [6.07, 6.45) is 0. The Hall–Kier alpha value is -3.07. The molecule has 0 aromatic heterocycles. The molecule has 0 spiro atoms. The molecule has 0 fully saturated rings. The molecule has 0 saturated carbocycles. The molecule has 154 valence electrons. The highest BCUT2D eigenvalue weighted by atomic mass is 35.5. The van der Waals surface area contributed by atoms with Gasteiger partial charge in [0.2, 0.25) is 11.8 Å². The third kappa shape index (κ3) is 5.47. The third-order valence-electron chi connectivity index (χ3n) is 4.12. The van der Waals surface area contributed by atoms with Gasteiger partial charge in [-0.05, 0) is 56.3 Å². The van der Waals surface area contributed by atoms with E-state index in [0.717, 1.165) is 12.1 Å². The Morgan fingerprint density at radius 1 is 1.07 bits per heavy atom. The monoisotopic (exact) mass is 427 g/mol. The number of ether oxygens (including phenoxy) is 1. The van der Waals surface area contributed by atoms with Crippen molar-refractivity contribution in [2.75, 3.05) is 10.6 Å². The molecular weight excluding hydrogens is 411 g/mol. The summed E-state index contributed by atoms with van der Waals surface area (Å²) in [5.41, 5.74) is -1.98. The molecule has 2 aromatic rings. The third-order valence-corrected chi connectivity index (χ3v) is 4.33. The second-order valence-corrected chi connectivity index (χ2v) is 6.66. The number of nitrogens with one attached hydrogen (secondary N) is 3. The highest BCUT2D eigenvalue weighted by molar-refractivity contribution is 6.31. The van der Waals surface area contributed by atoms with Crippen LogP contribution in [0.3, 0.4) is 0 Å². The minimum Gasteiger partial charge on any atom is -0.435 e. The van der Waals surface area contributed by atoms with Crippen molar-refractivity contribution in [2.45, 2.75) is 20.5 Å². The van der Waals surface area contributed by atoms with Crippen molar-refractivity contribution in [1.82, 2.24) is 0 Å². The fourth-order valence-corrected chi connectivity index (χ4v) is 2.52. The molecule has 29 heavy (non-hydrogen) atoms. The second-order valence-electron chi connectivity index (χ2n) is 6.22. The van der Waals surface area contributed by atoms with E-state index in [1.807, 2.05) is 0 Å². The lowest BCUT2D eigenvalue weighted by atomic mass is 9.83. The Morgan fingerprint density at radius 2 is 1.62 bits per heavy atom. The first-order chi connectivity index (χ1) is 13.5. The van der Waals surface area contributed by atoms with Crippen molar-refractivity contribution >= 4 is 40.5 Å². The number of hydrogen-bond donors (Lipinski definition) is 3. The highest BCUT2D eigenvalue weighted by Crippen LogP contribution is 2.26. The molecule has 2 rings (SSSR count). The van der Waals surface area contributed by atoms with Crippen molar-refractivity contribution in [3.63, 3.8) is 0 Å². The van der Waals surface area contributed by atoms with Gasteiger partial charge in [0.1, 0.15) is 11.6 Å². The van der Waals surface area contributed by atoms with Gasteiger partial charge in [0, 0.05) is 22.1 Å². The lowest BCUT2D eigenvalue weighted by Gasteiger charge is -2.26. The summed E-state index contributed by atoms with van der Waals surface area (Å²) >= 11 is 5.75. The average Bonchev–Trinajstić information content (AvgIpc) is 2.60. The summed E-state index contributed by atoms with van der Waals surface area (Å²) < 4.78 is 42.1. The summed E-state index contributed by atoms with van der Waals surface area (Å²) in [7, 11) is 0. The van der Waals surface area contributed by atoms with Gasteiger partial charge >= 0.3 is 6.61 Å². The predicted molar refractivity (Wildman–Crippen MR) is 103 cm³/mol. The fraction of sp³-hybridized carbons (Fsp3) is 0.211. The first-order valence-electron chi connectivity index (χ1n) is 8.22. The topological polar surface area (TPSA) is 91.3 Å². The molecule has 0 aliphatic rings. The summed E-state index contributed by atoms with van der Waals surface area (Å²) in [5, 5.41) is 12.8. The van der Waals surface area contributed by atoms with E-state index in [9.17, 15) is 22.8 Å². The van der Waals surface area contributed by atoms with Crippen molar-refractivity contribution in [2.24, 2.45) is 5.41 Å². The van der Waals surface area contributed by atoms with Crippen LogP contribution in [0.25, 0.3) is 0 Å². The lowest BCUT2D eigenvalue weighted by molar-refractivity contribution is -0.131. The van der Waals surface area contributed by atoms with Crippen molar-refractivity contribution < 1.29 is 27.5 Å². The Labute approximate surface area is 169 Å². The van der Waals surface area contributed by atoms with E-state index in [1.165, 1.54) is 44.2 Å². The number of carbonyl (C=O) groups excluding carboxylic acids is 2. The predicted octanol–water partition coefficient (Wildman–Crippen LogP) is 4.70. The fourth-order valence-electron chi connectivity index (χ4n) is 2.30. The minimum absolute atomic E-state index is 0.0220. The van der Waals surface area contributed by atoms with Crippen LogP contribution in [-0.2, 0) is 9.59 Å². The summed E-state index contributed by atoms with van der Waals surface area (Å²) in [4.78, 5) is 25.5. The molecule has 0 heterocycles. The van der Waals surface area contributed by atoms with Crippen LogP contribution in [0.15, 0.2) is 42.5 Å². The van der Waals surface area contributed by atoms with E-state index >= 15 is 0 Å². The van der Waals surface area contributed by atoms with Gasteiger partial charge in [-0.2, -0.15) is 8.78 Å². The Morgan fingerprint density at radius 3 is 2.10 bits per heavy atom. The normalized spacial score (nSPS) is 12.8. The van der Waals surface area contributed by atoms with Gasteiger partial charge in [0.05, 0.1) is 0 Å². The first-order valence-corrected chi connectivity index (χ1v) is 8.59. The maximum atomic E-state index is 13.5. The van der Waals surface area contributed by atoms with Crippen LogP contribution >= 0.6 is 11.6 Å². The van der Waals surface area contributed by atoms with Gasteiger partial charge < -0.3 is 20.8 Å². The summed E-state index contributed by atoms with van der Waals surface area (Å²) in [6, 6.07) is 8.40. The number of amides is 2. The van der Waals surface area contributed by atoms with Crippen LogP contribution in [0, 0.1) is 16.6 Å². The number of carbonyl (C=O) groups is 2.